The normalized spacial score (nSPS) is 18.6. The summed E-state index contributed by atoms with van der Waals surface area (Å²) in [6.45, 7) is 6.01. The molecule has 0 bridgehead atoms. The number of esters is 1. The van der Waals surface area contributed by atoms with Crippen LogP contribution >= 0.6 is 11.3 Å². The van der Waals surface area contributed by atoms with Gasteiger partial charge in [0.15, 0.2) is 0 Å². The molecule has 0 aliphatic heterocycles. The van der Waals surface area contributed by atoms with Crippen molar-refractivity contribution >= 4 is 34.8 Å². The maximum absolute atomic E-state index is 13.4. The Kier molecular flexibility index (Phi) is 8.27. The smallest absolute Gasteiger partial charge is 0.350 e. The number of nitrogens with zero attached hydrogens (tertiary/aromatic N) is 1. The number of hydrogen-bond acceptors (Lipinski definition) is 5. The van der Waals surface area contributed by atoms with Crippen LogP contribution in [0.25, 0.3) is 0 Å². The minimum Gasteiger partial charge on any atom is -0.465 e. The van der Waals surface area contributed by atoms with Crippen LogP contribution in [0.15, 0.2) is 6.07 Å². The van der Waals surface area contributed by atoms with Gasteiger partial charge in [-0.25, -0.2) is 4.79 Å². The van der Waals surface area contributed by atoms with E-state index in [0.717, 1.165) is 25.7 Å². The van der Waals surface area contributed by atoms with E-state index in [0.29, 0.717) is 21.4 Å². The van der Waals surface area contributed by atoms with Crippen LogP contribution in [-0.2, 0) is 14.3 Å². The standard InChI is InChI=1S/C22H30N2O4S/c1-14(2)6-11-17-12-18(20(29-17)22(27)28-5)24(13-19(25)23-4)21(26)16-9-7-15(3)8-10-16/h12,14-16H,7-10,13H2,1-5H3,(H,23,25). The number of methoxy groups -OCH3 is 1. The molecule has 2 amide bonds. The van der Waals surface area contributed by atoms with Crippen molar-refractivity contribution in [3.63, 3.8) is 0 Å². The van der Waals surface area contributed by atoms with Crippen molar-refractivity contribution < 1.29 is 19.1 Å². The van der Waals surface area contributed by atoms with Crippen LogP contribution < -0.4 is 10.2 Å². The molecular weight excluding hydrogens is 388 g/mol. The van der Waals surface area contributed by atoms with E-state index in [2.05, 4.69) is 24.1 Å². The van der Waals surface area contributed by atoms with Crippen molar-refractivity contribution in [2.75, 3.05) is 25.6 Å². The van der Waals surface area contributed by atoms with Gasteiger partial charge in [-0.1, -0.05) is 32.6 Å². The summed E-state index contributed by atoms with van der Waals surface area (Å²) in [5.74, 6) is 5.82. The first-order valence-electron chi connectivity index (χ1n) is 10.0. The van der Waals surface area contributed by atoms with Crippen molar-refractivity contribution in [2.24, 2.45) is 17.8 Å². The molecule has 0 atom stereocenters. The third-order valence-corrected chi connectivity index (χ3v) is 6.09. The molecule has 0 saturated heterocycles. The van der Waals surface area contributed by atoms with E-state index in [4.69, 9.17) is 4.74 Å². The highest BCUT2D eigenvalue weighted by Crippen LogP contribution is 2.35. The summed E-state index contributed by atoms with van der Waals surface area (Å²) < 4.78 is 4.92. The third kappa shape index (κ3) is 6.07. The van der Waals surface area contributed by atoms with Crippen LogP contribution in [0.3, 0.4) is 0 Å². The number of ether oxygens (including phenoxy) is 1. The minimum absolute atomic E-state index is 0.119. The molecule has 1 N–H and O–H groups in total. The van der Waals surface area contributed by atoms with Gasteiger partial charge in [0.1, 0.15) is 11.4 Å². The molecule has 1 aromatic rings. The van der Waals surface area contributed by atoms with Gasteiger partial charge in [-0.3, -0.25) is 9.59 Å². The highest BCUT2D eigenvalue weighted by Gasteiger charge is 2.33. The average molecular weight is 419 g/mol. The first kappa shape index (κ1) is 23.0. The molecule has 0 spiro atoms. The largest absolute Gasteiger partial charge is 0.465 e. The maximum Gasteiger partial charge on any atom is 0.350 e. The molecule has 0 unspecified atom stereocenters. The Morgan fingerprint density at radius 1 is 1.28 bits per heavy atom. The van der Waals surface area contributed by atoms with Crippen LogP contribution in [0.4, 0.5) is 5.69 Å². The van der Waals surface area contributed by atoms with Crippen LogP contribution in [0, 0.1) is 29.6 Å². The van der Waals surface area contributed by atoms with Crippen LogP contribution in [0.5, 0.6) is 0 Å². The van der Waals surface area contributed by atoms with Gasteiger partial charge >= 0.3 is 5.97 Å². The van der Waals surface area contributed by atoms with Gasteiger partial charge in [0.2, 0.25) is 11.8 Å². The zero-order valence-corrected chi connectivity index (χ0v) is 18.6. The maximum atomic E-state index is 13.4. The van der Waals surface area contributed by atoms with Crippen molar-refractivity contribution in [1.82, 2.24) is 5.32 Å². The van der Waals surface area contributed by atoms with Crippen molar-refractivity contribution in [3.8, 4) is 11.8 Å². The number of nitrogens with one attached hydrogen (secondary N) is 1. The zero-order valence-electron chi connectivity index (χ0n) is 17.8. The monoisotopic (exact) mass is 418 g/mol. The Morgan fingerprint density at radius 2 is 1.93 bits per heavy atom. The van der Waals surface area contributed by atoms with Crippen LogP contribution in [0.2, 0.25) is 0 Å². The second kappa shape index (κ2) is 10.4. The fourth-order valence-electron chi connectivity index (χ4n) is 3.33. The van der Waals surface area contributed by atoms with Crippen LogP contribution in [0.1, 0.15) is 61.0 Å². The van der Waals surface area contributed by atoms with Gasteiger partial charge in [0.25, 0.3) is 0 Å². The van der Waals surface area contributed by atoms with Gasteiger partial charge in [0.05, 0.1) is 17.7 Å². The van der Waals surface area contributed by atoms with E-state index in [1.165, 1.54) is 30.4 Å². The fraction of sp³-hybridized carbons (Fsp3) is 0.591. The molecule has 1 aliphatic rings. The van der Waals surface area contributed by atoms with Crippen LogP contribution in [-0.4, -0.2) is 38.5 Å². The highest BCUT2D eigenvalue weighted by atomic mass is 32.1. The molecule has 0 radical (unpaired) electrons. The van der Waals surface area contributed by atoms with Crippen molar-refractivity contribution in [1.29, 1.82) is 0 Å². The summed E-state index contributed by atoms with van der Waals surface area (Å²) in [4.78, 5) is 40.3. The quantitative estimate of drug-likeness (QED) is 0.587. The zero-order chi connectivity index (χ0) is 21.6. The highest BCUT2D eigenvalue weighted by molar-refractivity contribution is 7.15. The third-order valence-electron chi connectivity index (χ3n) is 5.07. The number of carbonyl (C=O) groups excluding carboxylic acids is 3. The predicted molar refractivity (Wildman–Crippen MR) is 115 cm³/mol. The number of thiophene rings is 1. The number of rotatable bonds is 5. The molecule has 6 nitrogen and oxygen atoms in total. The van der Waals surface area contributed by atoms with E-state index in [1.807, 2.05) is 13.8 Å². The lowest BCUT2D eigenvalue weighted by Crippen LogP contribution is -2.44. The Balaban J connectivity index is 2.45. The molecule has 1 aliphatic carbocycles. The van der Waals surface area contributed by atoms with Gasteiger partial charge in [0, 0.05) is 18.9 Å². The average Bonchev–Trinajstić information content (AvgIpc) is 3.13. The van der Waals surface area contributed by atoms with E-state index in [1.54, 1.807) is 6.07 Å². The SMILES string of the molecule is CNC(=O)CN(C(=O)C1CCC(C)CC1)c1cc(C#CC(C)C)sc1C(=O)OC. The molecule has 1 heterocycles. The Morgan fingerprint density at radius 3 is 2.48 bits per heavy atom. The topological polar surface area (TPSA) is 75.7 Å². The first-order valence-corrected chi connectivity index (χ1v) is 10.8. The molecule has 1 saturated carbocycles. The second-order valence-electron chi connectivity index (χ2n) is 7.79. The summed E-state index contributed by atoms with van der Waals surface area (Å²) >= 11 is 1.19. The van der Waals surface area contributed by atoms with Gasteiger partial charge < -0.3 is 15.0 Å². The first-order chi connectivity index (χ1) is 13.8. The lowest BCUT2D eigenvalue weighted by molar-refractivity contribution is -0.126. The summed E-state index contributed by atoms with van der Waals surface area (Å²) in [6, 6.07) is 1.72. The number of anilines is 1. The van der Waals surface area contributed by atoms with Gasteiger partial charge in [-0.2, -0.15) is 0 Å². The van der Waals surface area contributed by atoms with E-state index < -0.39 is 5.97 Å². The molecule has 158 valence electrons. The Labute approximate surface area is 177 Å². The number of hydrogen-bond donors (Lipinski definition) is 1. The fourth-order valence-corrected chi connectivity index (χ4v) is 4.27. The molecular formula is C22H30N2O4S. The summed E-state index contributed by atoms with van der Waals surface area (Å²) in [7, 11) is 2.83. The lowest BCUT2D eigenvalue weighted by atomic mass is 9.82. The Bertz CT molecular complexity index is 811. The Hall–Kier alpha value is -2.33. The number of likely N-dealkylation sites (N-methyl/N-ethyl adjacent to an activating group) is 1. The van der Waals surface area contributed by atoms with Gasteiger partial charge in [-0.05, 0) is 37.7 Å². The predicted octanol–water partition coefficient (Wildman–Crippen LogP) is 3.45. The number of carbonyl (C=O) groups is 3. The van der Waals surface area contributed by atoms with E-state index >= 15 is 0 Å². The molecule has 0 aromatic carbocycles. The molecule has 1 fully saturated rings. The van der Waals surface area contributed by atoms with E-state index in [9.17, 15) is 14.4 Å². The summed E-state index contributed by atoms with van der Waals surface area (Å²) in [5, 5.41) is 2.57. The molecule has 29 heavy (non-hydrogen) atoms. The van der Waals surface area contributed by atoms with Crippen molar-refractivity contribution in [3.05, 3.63) is 15.8 Å². The summed E-state index contributed by atoms with van der Waals surface area (Å²) in [6.07, 6.45) is 3.57. The number of amides is 2. The molecule has 7 heteroatoms. The van der Waals surface area contributed by atoms with Gasteiger partial charge in [-0.15, -0.1) is 11.3 Å². The minimum atomic E-state index is -0.533. The molecule has 2 rings (SSSR count). The molecule has 1 aromatic heterocycles. The lowest BCUT2D eigenvalue weighted by Gasteiger charge is -2.30. The second-order valence-corrected chi connectivity index (χ2v) is 8.85. The van der Waals surface area contributed by atoms with Crippen molar-refractivity contribution in [2.45, 2.75) is 46.5 Å². The summed E-state index contributed by atoms with van der Waals surface area (Å²) in [5.41, 5.74) is 0.405. The van der Waals surface area contributed by atoms with E-state index in [-0.39, 0.29) is 30.2 Å².